The van der Waals surface area contributed by atoms with Crippen LogP contribution in [0.5, 0.6) is 0 Å². The number of sulfonamides is 1. The van der Waals surface area contributed by atoms with Crippen molar-refractivity contribution < 1.29 is 17.6 Å². The standard InChI is InChI=1S/C24H20FN3O3S/c25-17-8-12-19(13-9-17)32(30,31)28-18-10-6-16(7-11-18)24-20-2-1-3-21(20)26-23(27-24)14-22(29)15-4-5-15/h1-2,6-13,15,28H,3-5,14H2. The van der Waals surface area contributed by atoms with Gasteiger partial charge in [0.15, 0.2) is 0 Å². The second-order valence-electron chi connectivity index (χ2n) is 8.01. The Morgan fingerprint density at radius 2 is 1.75 bits per heavy atom. The van der Waals surface area contributed by atoms with Crippen LogP contribution in [0.4, 0.5) is 10.1 Å². The van der Waals surface area contributed by atoms with Gasteiger partial charge in [0.1, 0.15) is 17.4 Å². The molecule has 0 unspecified atom stereocenters. The van der Waals surface area contributed by atoms with Gasteiger partial charge in [-0.25, -0.2) is 22.8 Å². The highest BCUT2D eigenvalue weighted by Crippen LogP contribution is 2.33. The van der Waals surface area contributed by atoms with Crippen LogP contribution < -0.4 is 4.72 Å². The van der Waals surface area contributed by atoms with Gasteiger partial charge in [-0.1, -0.05) is 24.3 Å². The molecule has 1 heterocycles. The van der Waals surface area contributed by atoms with Crippen LogP contribution in [0.1, 0.15) is 29.9 Å². The van der Waals surface area contributed by atoms with E-state index in [-0.39, 0.29) is 23.0 Å². The molecule has 0 bridgehead atoms. The van der Waals surface area contributed by atoms with Crippen molar-refractivity contribution in [3.63, 3.8) is 0 Å². The molecule has 3 aromatic rings. The van der Waals surface area contributed by atoms with Crippen LogP contribution >= 0.6 is 0 Å². The molecule has 0 radical (unpaired) electrons. The first-order chi connectivity index (χ1) is 15.4. The number of nitrogens with zero attached hydrogens (tertiary/aromatic N) is 2. The molecule has 0 atom stereocenters. The summed E-state index contributed by atoms with van der Waals surface area (Å²) in [6, 6.07) is 11.5. The van der Waals surface area contributed by atoms with E-state index in [1.54, 1.807) is 24.3 Å². The molecule has 1 N–H and O–H groups in total. The van der Waals surface area contributed by atoms with E-state index < -0.39 is 15.8 Å². The van der Waals surface area contributed by atoms with E-state index >= 15 is 0 Å². The first-order valence-electron chi connectivity index (χ1n) is 10.4. The predicted molar refractivity (Wildman–Crippen MR) is 119 cm³/mol. The van der Waals surface area contributed by atoms with E-state index in [9.17, 15) is 17.6 Å². The molecule has 1 fully saturated rings. The fourth-order valence-corrected chi connectivity index (χ4v) is 4.77. The van der Waals surface area contributed by atoms with Gasteiger partial charge in [-0.15, -0.1) is 0 Å². The Hall–Kier alpha value is -3.39. The number of aromatic nitrogens is 2. The maximum Gasteiger partial charge on any atom is 0.261 e. The number of carbonyl (C=O) groups excluding carboxylic acids is 1. The predicted octanol–water partition coefficient (Wildman–Crippen LogP) is 4.17. The van der Waals surface area contributed by atoms with Gasteiger partial charge in [-0.2, -0.15) is 0 Å². The molecule has 0 aliphatic heterocycles. The van der Waals surface area contributed by atoms with E-state index in [0.717, 1.165) is 47.5 Å². The van der Waals surface area contributed by atoms with Crippen molar-refractivity contribution in [1.82, 2.24) is 9.97 Å². The van der Waals surface area contributed by atoms with Crippen molar-refractivity contribution in [1.29, 1.82) is 0 Å². The topological polar surface area (TPSA) is 89.0 Å². The van der Waals surface area contributed by atoms with Gasteiger partial charge in [-0.3, -0.25) is 9.52 Å². The largest absolute Gasteiger partial charge is 0.299 e. The zero-order chi connectivity index (χ0) is 22.3. The molecular weight excluding hydrogens is 429 g/mol. The summed E-state index contributed by atoms with van der Waals surface area (Å²) < 4.78 is 40.7. The third kappa shape index (κ3) is 4.18. The summed E-state index contributed by atoms with van der Waals surface area (Å²) in [5.74, 6) is 0.368. The SMILES string of the molecule is O=C(Cc1nc2c(c(-c3ccc(NS(=O)(=O)c4ccc(F)cc4)cc3)n1)C=CC2)C1CC1. The lowest BCUT2D eigenvalue weighted by Gasteiger charge is -2.12. The highest BCUT2D eigenvalue weighted by Gasteiger charge is 2.30. The van der Waals surface area contributed by atoms with Crippen LogP contribution in [0.2, 0.25) is 0 Å². The highest BCUT2D eigenvalue weighted by atomic mass is 32.2. The van der Waals surface area contributed by atoms with Crippen molar-refractivity contribution in [3.8, 4) is 11.3 Å². The number of fused-ring (bicyclic) bond motifs is 1. The minimum atomic E-state index is -3.83. The number of Topliss-reactive ketones (excluding diaryl/α,β-unsaturated/α-hetero) is 1. The van der Waals surface area contributed by atoms with E-state index in [1.807, 2.05) is 12.2 Å². The van der Waals surface area contributed by atoms with Gasteiger partial charge in [-0.05, 0) is 49.2 Å². The van der Waals surface area contributed by atoms with E-state index in [4.69, 9.17) is 0 Å². The third-order valence-corrected chi connectivity index (χ3v) is 6.96. The fraction of sp³-hybridized carbons (Fsp3) is 0.208. The normalized spacial score (nSPS) is 14.9. The average Bonchev–Trinajstić information content (AvgIpc) is 3.52. The number of ketones is 1. The van der Waals surface area contributed by atoms with Gasteiger partial charge in [0.05, 0.1) is 22.7 Å². The molecule has 8 heteroatoms. The van der Waals surface area contributed by atoms with Crippen LogP contribution in [-0.4, -0.2) is 24.2 Å². The molecule has 0 saturated heterocycles. The van der Waals surface area contributed by atoms with Crippen LogP contribution in [-0.2, 0) is 27.7 Å². The first-order valence-corrected chi connectivity index (χ1v) is 11.9. The van der Waals surface area contributed by atoms with Gasteiger partial charge < -0.3 is 0 Å². The van der Waals surface area contributed by atoms with Gasteiger partial charge >= 0.3 is 0 Å². The van der Waals surface area contributed by atoms with E-state index in [1.165, 1.54) is 12.1 Å². The quantitative estimate of drug-likeness (QED) is 0.585. The number of benzene rings is 2. The second-order valence-corrected chi connectivity index (χ2v) is 9.69. The highest BCUT2D eigenvalue weighted by molar-refractivity contribution is 7.92. The summed E-state index contributed by atoms with van der Waals surface area (Å²) in [6.45, 7) is 0. The van der Waals surface area contributed by atoms with Crippen molar-refractivity contribution >= 4 is 27.6 Å². The molecule has 1 aromatic heterocycles. The summed E-state index contributed by atoms with van der Waals surface area (Å²) >= 11 is 0. The van der Waals surface area contributed by atoms with Gasteiger partial charge in [0, 0.05) is 29.2 Å². The average molecular weight is 450 g/mol. The molecule has 2 aromatic carbocycles. The maximum absolute atomic E-state index is 13.1. The van der Waals surface area contributed by atoms with Crippen LogP contribution in [0, 0.1) is 11.7 Å². The smallest absolute Gasteiger partial charge is 0.261 e. The minimum Gasteiger partial charge on any atom is -0.299 e. The summed E-state index contributed by atoms with van der Waals surface area (Å²) in [4.78, 5) is 21.5. The molecule has 5 rings (SSSR count). The Kier molecular flexibility index (Phi) is 5.09. The number of carbonyl (C=O) groups is 1. The molecule has 2 aliphatic carbocycles. The van der Waals surface area contributed by atoms with Crippen LogP contribution in [0.25, 0.3) is 17.3 Å². The van der Waals surface area contributed by atoms with Crippen molar-refractivity contribution in [2.45, 2.75) is 30.6 Å². The Labute approximate surface area is 185 Å². The molecule has 0 spiro atoms. The number of allylic oxidation sites excluding steroid dienone is 1. The summed E-state index contributed by atoms with van der Waals surface area (Å²) in [6.07, 6.45) is 6.83. The lowest BCUT2D eigenvalue weighted by atomic mass is 10.0. The molecule has 6 nitrogen and oxygen atoms in total. The summed E-state index contributed by atoms with van der Waals surface area (Å²) in [5, 5.41) is 0. The Morgan fingerprint density at radius 1 is 1.03 bits per heavy atom. The number of hydrogen-bond donors (Lipinski definition) is 1. The number of anilines is 1. The van der Waals surface area contributed by atoms with Crippen molar-refractivity contribution in [2.75, 3.05) is 4.72 Å². The molecule has 162 valence electrons. The minimum absolute atomic E-state index is 0.0216. The molecular formula is C24H20FN3O3S. The Balaban J connectivity index is 1.41. The molecule has 0 amide bonds. The fourth-order valence-electron chi connectivity index (χ4n) is 3.71. The van der Waals surface area contributed by atoms with Crippen LogP contribution in [0.3, 0.4) is 0 Å². The molecule has 32 heavy (non-hydrogen) atoms. The Bertz CT molecular complexity index is 1330. The van der Waals surface area contributed by atoms with Gasteiger partial charge in [0.25, 0.3) is 10.0 Å². The lowest BCUT2D eigenvalue weighted by Crippen LogP contribution is -2.13. The van der Waals surface area contributed by atoms with E-state index in [2.05, 4.69) is 14.7 Å². The lowest BCUT2D eigenvalue weighted by molar-refractivity contribution is -0.119. The number of hydrogen-bond acceptors (Lipinski definition) is 5. The maximum atomic E-state index is 13.1. The monoisotopic (exact) mass is 449 g/mol. The Morgan fingerprint density at radius 3 is 2.44 bits per heavy atom. The molecule has 1 saturated carbocycles. The first kappa shape index (κ1) is 20.5. The van der Waals surface area contributed by atoms with Gasteiger partial charge in [0.2, 0.25) is 0 Å². The third-order valence-electron chi connectivity index (χ3n) is 5.57. The van der Waals surface area contributed by atoms with Crippen molar-refractivity contribution in [3.05, 3.63) is 77.5 Å². The summed E-state index contributed by atoms with van der Waals surface area (Å²) in [5.41, 5.74) is 3.74. The van der Waals surface area contributed by atoms with E-state index in [0.29, 0.717) is 17.9 Å². The number of halogens is 1. The second kappa shape index (κ2) is 7.94. The number of rotatable bonds is 7. The van der Waals surface area contributed by atoms with Crippen LogP contribution in [0.15, 0.2) is 59.5 Å². The number of nitrogens with one attached hydrogen (secondary N) is 1. The molecule has 2 aliphatic rings. The summed E-state index contributed by atoms with van der Waals surface area (Å²) in [7, 11) is -3.83. The van der Waals surface area contributed by atoms with Crippen molar-refractivity contribution in [2.24, 2.45) is 5.92 Å². The zero-order valence-electron chi connectivity index (χ0n) is 17.1. The zero-order valence-corrected chi connectivity index (χ0v) is 17.9.